The second-order valence-corrected chi connectivity index (χ2v) is 12.3. The van der Waals surface area contributed by atoms with E-state index in [-0.39, 0.29) is 11.8 Å². The Hall–Kier alpha value is -4.52. The summed E-state index contributed by atoms with van der Waals surface area (Å²) in [6.45, 7) is 7.28. The van der Waals surface area contributed by atoms with Gasteiger partial charge in [0, 0.05) is 28.4 Å². The number of ether oxygens (including phenoxy) is 2. The van der Waals surface area contributed by atoms with Crippen LogP contribution in [0.1, 0.15) is 120 Å². The molecule has 2 amide bonds. The van der Waals surface area contributed by atoms with E-state index >= 15 is 0 Å². The Morgan fingerprint density at radius 3 is 1.39 bits per heavy atom. The molecule has 0 radical (unpaired) electrons. The topological polar surface area (TPSA) is 90.0 Å². The number of rotatable bonds is 14. The van der Waals surface area contributed by atoms with Gasteiger partial charge in [0.2, 0.25) is 0 Å². The van der Waals surface area contributed by atoms with Crippen LogP contribution in [0.3, 0.4) is 0 Å². The Morgan fingerprint density at radius 1 is 0.522 bits per heavy atom. The highest BCUT2D eigenvalue weighted by Crippen LogP contribution is 2.45. The fraction of sp³-hybridized carbons (Fsp3) is 0.385. The van der Waals surface area contributed by atoms with Crippen LogP contribution in [-0.2, 0) is 9.47 Å². The molecule has 7 nitrogen and oxygen atoms in total. The summed E-state index contributed by atoms with van der Waals surface area (Å²) in [6.07, 6.45) is 8.18. The Labute approximate surface area is 269 Å². The molecule has 0 unspecified atom stereocenters. The first-order valence-electron chi connectivity index (χ1n) is 16.8. The van der Waals surface area contributed by atoms with Gasteiger partial charge in [-0.05, 0) is 75.8 Å². The first-order chi connectivity index (χ1) is 22.4. The molecule has 238 valence electrons. The first kappa shape index (κ1) is 31.5. The van der Waals surface area contributed by atoms with Gasteiger partial charge in [-0.3, -0.25) is 14.5 Å². The van der Waals surface area contributed by atoms with E-state index in [0.29, 0.717) is 52.8 Å². The summed E-state index contributed by atoms with van der Waals surface area (Å²) in [6, 6.07) is 14.7. The van der Waals surface area contributed by atoms with Crippen molar-refractivity contribution in [2.45, 2.75) is 78.6 Å². The maximum absolute atomic E-state index is 13.7. The Balaban J connectivity index is 1.56. The lowest BCUT2D eigenvalue weighted by molar-refractivity contribution is 0.0499. The number of hydrogen-bond donors (Lipinski definition) is 0. The Kier molecular flexibility index (Phi) is 9.20. The molecule has 7 heteroatoms. The molecular weight excluding hydrogens is 578 g/mol. The van der Waals surface area contributed by atoms with E-state index in [2.05, 4.69) is 20.8 Å². The van der Waals surface area contributed by atoms with Gasteiger partial charge >= 0.3 is 11.9 Å². The fourth-order valence-electron chi connectivity index (χ4n) is 6.88. The lowest BCUT2D eigenvalue weighted by atomic mass is 9.83. The lowest BCUT2D eigenvalue weighted by Gasteiger charge is -2.28. The van der Waals surface area contributed by atoms with E-state index in [0.717, 1.165) is 90.1 Å². The molecule has 1 aliphatic heterocycles. The molecule has 46 heavy (non-hydrogen) atoms. The van der Waals surface area contributed by atoms with Crippen molar-refractivity contribution in [1.29, 1.82) is 0 Å². The molecule has 0 fully saturated rings. The highest BCUT2D eigenvalue weighted by Gasteiger charge is 2.34. The highest BCUT2D eigenvalue weighted by atomic mass is 16.5. The average molecular weight is 620 g/mol. The highest BCUT2D eigenvalue weighted by molar-refractivity contribution is 6.39. The molecule has 1 aliphatic rings. The Bertz CT molecular complexity index is 1850. The third-order valence-corrected chi connectivity index (χ3v) is 9.24. The van der Waals surface area contributed by atoms with Gasteiger partial charge in [-0.15, -0.1) is 0 Å². The van der Waals surface area contributed by atoms with Crippen molar-refractivity contribution in [2.24, 2.45) is 0 Å². The molecule has 0 bridgehead atoms. The summed E-state index contributed by atoms with van der Waals surface area (Å²) in [5.41, 5.74) is 1.68. The minimum atomic E-state index is -0.477. The van der Waals surface area contributed by atoms with Crippen LogP contribution >= 0.6 is 0 Å². The third-order valence-electron chi connectivity index (χ3n) is 9.24. The molecule has 5 aromatic carbocycles. The number of esters is 2. The summed E-state index contributed by atoms with van der Waals surface area (Å²) in [4.78, 5) is 55.8. The quantitative estimate of drug-likeness (QED) is 0.0405. The smallest absolute Gasteiger partial charge is 0.338 e. The number of amides is 2. The van der Waals surface area contributed by atoms with E-state index < -0.39 is 11.9 Å². The zero-order valence-corrected chi connectivity index (χ0v) is 27.0. The molecule has 0 saturated carbocycles. The number of imide groups is 1. The van der Waals surface area contributed by atoms with E-state index in [1.807, 2.05) is 36.4 Å². The second kappa shape index (κ2) is 13.5. The van der Waals surface area contributed by atoms with Crippen molar-refractivity contribution >= 4 is 66.8 Å². The van der Waals surface area contributed by atoms with Gasteiger partial charge in [-0.25, -0.2) is 9.59 Å². The molecule has 0 saturated heterocycles. The van der Waals surface area contributed by atoms with Crippen LogP contribution in [0.15, 0.2) is 48.5 Å². The molecule has 6 rings (SSSR count). The van der Waals surface area contributed by atoms with Gasteiger partial charge in [-0.1, -0.05) is 83.6 Å². The van der Waals surface area contributed by atoms with Gasteiger partial charge in [0.05, 0.1) is 24.3 Å². The largest absolute Gasteiger partial charge is 0.462 e. The number of unbranched alkanes of at least 4 members (excludes halogenated alkanes) is 6. The predicted molar refractivity (Wildman–Crippen MR) is 182 cm³/mol. The predicted octanol–water partition coefficient (Wildman–Crippen LogP) is 9.22. The van der Waals surface area contributed by atoms with Crippen LogP contribution in [0, 0.1) is 0 Å². The number of hydrogen-bond acceptors (Lipinski definition) is 6. The van der Waals surface area contributed by atoms with Gasteiger partial charge in [0.25, 0.3) is 11.8 Å². The van der Waals surface area contributed by atoms with Crippen molar-refractivity contribution in [3.8, 4) is 0 Å². The zero-order valence-electron chi connectivity index (χ0n) is 27.0. The van der Waals surface area contributed by atoms with E-state index in [4.69, 9.17) is 9.47 Å². The summed E-state index contributed by atoms with van der Waals surface area (Å²) in [5.74, 6) is -1.49. The van der Waals surface area contributed by atoms with Gasteiger partial charge in [0.1, 0.15) is 0 Å². The van der Waals surface area contributed by atoms with Crippen LogP contribution in [0.2, 0.25) is 0 Å². The number of carbonyl (C=O) groups is 4. The second-order valence-electron chi connectivity index (χ2n) is 12.3. The molecule has 0 atom stereocenters. The Morgan fingerprint density at radius 2 is 0.935 bits per heavy atom. The van der Waals surface area contributed by atoms with Crippen LogP contribution in [-0.4, -0.2) is 48.4 Å². The van der Waals surface area contributed by atoms with Crippen molar-refractivity contribution in [3.05, 3.63) is 70.8 Å². The summed E-state index contributed by atoms with van der Waals surface area (Å²) >= 11 is 0. The van der Waals surface area contributed by atoms with Crippen molar-refractivity contribution in [1.82, 2.24) is 4.90 Å². The zero-order chi connectivity index (χ0) is 32.4. The van der Waals surface area contributed by atoms with Crippen LogP contribution in [0.4, 0.5) is 0 Å². The molecule has 0 aromatic heterocycles. The van der Waals surface area contributed by atoms with Crippen LogP contribution in [0.5, 0.6) is 0 Å². The van der Waals surface area contributed by atoms with Gasteiger partial charge in [0.15, 0.2) is 0 Å². The van der Waals surface area contributed by atoms with Crippen LogP contribution < -0.4 is 0 Å². The molecule has 5 aromatic rings. The van der Waals surface area contributed by atoms with Crippen molar-refractivity contribution < 1.29 is 28.7 Å². The molecule has 0 N–H and O–H groups in total. The monoisotopic (exact) mass is 619 g/mol. The third kappa shape index (κ3) is 5.36. The van der Waals surface area contributed by atoms with Crippen molar-refractivity contribution in [2.75, 3.05) is 19.8 Å². The molecule has 1 heterocycles. The number of nitrogens with zero attached hydrogens (tertiary/aromatic N) is 1. The lowest BCUT2D eigenvalue weighted by Crippen LogP contribution is -2.40. The van der Waals surface area contributed by atoms with Crippen molar-refractivity contribution in [3.63, 3.8) is 0 Å². The molecule has 0 aliphatic carbocycles. The number of carbonyl (C=O) groups excluding carboxylic acids is 4. The molecule has 0 spiro atoms. The van der Waals surface area contributed by atoms with E-state index in [9.17, 15) is 19.2 Å². The standard InChI is InChI=1S/C39H41NO6/c1-4-7-10-21-40-36(41)28-17-13-24-26-15-19-30(38(43)45-22-11-8-5-2)35-31(39(44)46-23-12-9-6-3)20-16-27(33(26)35)25-14-18-29(37(40)42)34(28)32(24)25/h13-20H,4-12,21-23H2,1-3H3. The summed E-state index contributed by atoms with van der Waals surface area (Å²) < 4.78 is 11.4. The fourth-order valence-corrected chi connectivity index (χ4v) is 6.88. The number of fused-ring (bicyclic) bond motifs is 2. The van der Waals surface area contributed by atoms with E-state index in [1.165, 1.54) is 4.90 Å². The maximum atomic E-state index is 13.7. The minimum Gasteiger partial charge on any atom is -0.462 e. The van der Waals surface area contributed by atoms with Gasteiger partial charge in [-0.2, -0.15) is 0 Å². The average Bonchev–Trinajstić information content (AvgIpc) is 3.07. The summed E-state index contributed by atoms with van der Waals surface area (Å²) in [5, 5.41) is 6.12. The first-order valence-corrected chi connectivity index (χ1v) is 16.8. The van der Waals surface area contributed by atoms with Crippen LogP contribution in [0.25, 0.3) is 43.1 Å². The molecular formula is C39H41NO6. The van der Waals surface area contributed by atoms with Gasteiger partial charge < -0.3 is 9.47 Å². The maximum Gasteiger partial charge on any atom is 0.338 e. The SMILES string of the molecule is CCCCCOC(=O)c1ccc2c3ccc4c5c(ccc(c6ccc(C(=O)OCCCCC)c1c26)c53)C(=O)N(CCCCC)C4=O. The van der Waals surface area contributed by atoms with E-state index in [1.54, 1.807) is 12.1 Å². The number of benzene rings is 5. The normalized spacial score (nSPS) is 13.1. The summed E-state index contributed by atoms with van der Waals surface area (Å²) in [7, 11) is 0. The minimum absolute atomic E-state index is 0.268.